The first-order valence-electron chi connectivity index (χ1n) is 15.8. The van der Waals surface area contributed by atoms with Crippen molar-refractivity contribution in [3.63, 3.8) is 0 Å². The standard InChI is InChI=1S/C39H35F3N4O2/c40-39(41,42)31-17-15-29(16-18-31)34-13-7-8-14-35(34)37(47)44-32-19-21-33(22-20-32)45-23-25-46(26-24-45)36(30-11-5-2-6-12-30)38(48)43-27-28-9-3-1-4-10-28/h1-22,36H,23-27H2,(H,43,48)(H,44,47). The molecule has 244 valence electrons. The van der Waals surface area contributed by atoms with Crippen LogP contribution in [0.3, 0.4) is 0 Å². The van der Waals surface area contributed by atoms with Gasteiger partial charge >= 0.3 is 6.18 Å². The van der Waals surface area contributed by atoms with E-state index in [4.69, 9.17) is 0 Å². The second kappa shape index (κ2) is 14.6. The Kier molecular flexibility index (Phi) is 9.87. The van der Waals surface area contributed by atoms with Gasteiger partial charge in [-0.2, -0.15) is 13.2 Å². The highest BCUT2D eigenvalue weighted by Gasteiger charge is 2.31. The molecule has 1 heterocycles. The molecule has 2 N–H and O–H groups in total. The van der Waals surface area contributed by atoms with Crippen molar-refractivity contribution < 1.29 is 22.8 Å². The number of piperazine rings is 1. The quantitative estimate of drug-likeness (QED) is 0.171. The Labute approximate surface area is 277 Å². The Morgan fingerprint density at radius 2 is 1.29 bits per heavy atom. The van der Waals surface area contributed by atoms with Crippen LogP contribution in [0.4, 0.5) is 24.5 Å². The van der Waals surface area contributed by atoms with E-state index in [-0.39, 0.29) is 11.8 Å². The molecule has 9 heteroatoms. The molecular weight excluding hydrogens is 613 g/mol. The molecule has 6 rings (SSSR count). The van der Waals surface area contributed by atoms with Crippen LogP contribution in [0, 0.1) is 0 Å². The van der Waals surface area contributed by atoms with Crippen LogP contribution in [-0.2, 0) is 17.5 Å². The molecule has 0 radical (unpaired) electrons. The third-order valence-corrected chi connectivity index (χ3v) is 8.54. The minimum atomic E-state index is -4.43. The molecule has 0 aliphatic carbocycles. The number of carbonyl (C=O) groups is 2. The highest BCUT2D eigenvalue weighted by molar-refractivity contribution is 6.08. The van der Waals surface area contributed by atoms with Crippen LogP contribution in [0.25, 0.3) is 11.1 Å². The smallest absolute Gasteiger partial charge is 0.369 e. The molecule has 0 bridgehead atoms. The lowest BCUT2D eigenvalue weighted by atomic mass is 9.98. The first-order chi connectivity index (χ1) is 23.3. The summed E-state index contributed by atoms with van der Waals surface area (Å²) in [5, 5.41) is 6.04. The van der Waals surface area contributed by atoms with Gasteiger partial charge in [0.15, 0.2) is 0 Å². The molecule has 1 atom stereocenters. The maximum absolute atomic E-state index is 13.5. The van der Waals surface area contributed by atoms with Gasteiger partial charge in [0.1, 0.15) is 6.04 Å². The number of anilines is 2. The van der Waals surface area contributed by atoms with Crippen molar-refractivity contribution in [3.8, 4) is 11.1 Å². The van der Waals surface area contributed by atoms with Crippen LogP contribution in [0.5, 0.6) is 0 Å². The molecule has 0 spiro atoms. The normalized spacial score (nSPS) is 14.3. The maximum atomic E-state index is 13.5. The predicted molar refractivity (Wildman–Crippen MR) is 183 cm³/mol. The SMILES string of the molecule is O=C(Nc1ccc(N2CCN(C(C(=O)NCc3ccccc3)c3ccccc3)CC2)cc1)c1ccccc1-c1ccc(C(F)(F)F)cc1. The minimum Gasteiger partial charge on any atom is -0.369 e. The van der Waals surface area contributed by atoms with Crippen molar-refractivity contribution in [1.29, 1.82) is 0 Å². The van der Waals surface area contributed by atoms with E-state index in [0.29, 0.717) is 42.0 Å². The summed E-state index contributed by atoms with van der Waals surface area (Å²) in [5.74, 6) is -0.386. The number of rotatable bonds is 9. The number of alkyl halides is 3. The predicted octanol–water partition coefficient (Wildman–Crippen LogP) is 7.80. The maximum Gasteiger partial charge on any atom is 0.416 e. The monoisotopic (exact) mass is 648 g/mol. The van der Waals surface area contributed by atoms with Crippen LogP contribution >= 0.6 is 0 Å². The Morgan fingerprint density at radius 3 is 1.94 bits per heavy atom. The lowest BCUT2D eigenvalue weighted by Crippen LogP contribution is -2.51. The van der Waals surface area contributed by atoms with Crippen molar-refractivity contribution in [2.24, 2.45) is 0 Å². The van der Waals surface area contributed by atoms with Crippen LogP contribution in [0.15, 0.2) is 133 Å². The molecule has 2 amide bonds. The fourth-order valence-corrected chi connectivity index (χ4v) is 6.01. The van der Waals surface area contributed by atoms with Crippen LogP contribution in [-0.4, -0.2) is 42.9 Å². The molecule has 1 unspecified atom stereocenters. The van der Waals surface area contributed by atoms with E-state index in [1.54, 1.807) is 24.3 Å². The number of carbonyl (C=O) groups excluding carboxylic acids is 2. The average Bonchev–Trinajstić information content (AvgIpc) is 3.12. The highest BCUT2D eigenvalue weighted by Crippen LogP contribution is 2.32. The average molecular weight is 649 g/mol. The molecule has 5 aromatic rings. The van der Waals surface area contributed by atoms with Gasteiger partial charge in [0, 0.05) is 49.7 Å². The molecule has 0 aromatic heterocycles. The Balaban J connectivity index is 1.08. The van der Waals surface area contributed by atoms with Crippen LogP contribution in [0.1, 0.15) is 33.1 Å². The second-order valence-electron chi connectivity index (χ2n) is 11.7. The number of hydrogen-bond acceptors (Lipinski definition) is 4. The van der Waals surface area contributed by atoms with E-state index in [0.717, 1.165) is 42.0 Å². The largest absolute Gasteiger partial charge is 0.416 e. The molecular formula is C39H35F3N4O2. The minimum absolute atomic E-state index is 0.0292. The second-order valence-corrected chi connectivity index (χ2v) is 11.7. The molecule has 5 aromatic carbocycles. The summed E-state index contributed by atoms with van der Waals surface area (Å²) in [7, 11) is 0. The van der Waals surface area contributed by atoms with Gasteiger partial charge in [-0.05, 0) is 64.7 Å². The highest BCUT2D eigenvalue weighted by atomic mass is 19.4. The Bertz CT molecular complexity index is 1820. The number of nitrogens with zero attached hydrogens (tertiary/aromatic N) is 2. The van der Waals surface area contributed by atoms with Crippen molar-refractivity contribution in [2.45, 2.75) is 18.8 Å². The van der Waals surface area contributed by atoms with Gasteiger partial charge in [-0.1, -0.05) is 91.0 Å². The number of nitrogens with one attached hydrogen (secondary N) is 2. The molecule has 1 aliphatic rings. The number of hydrogen-bond donors (Lipinski definition) is 2. The summed E-state index contributed by atoms with van der Waals surface area (Å²) < 4.78 is 39.2. The summed E-state index contributed by atoms with van der Waals surface area (Å²) >= 11 is 0. The molecule has 1 fully saturated rings. The zero-order valence-corrected chi connectivity index (χ0v) is 26.2. The van der Waals surface area contributed by atoms with E-state index in [2.05, 4.69) is 20.4 Å². The fraction of sp³-hybridized carbons (Fsp3) is 0.179. The van der Waals surface area contributed by atoms with Gasteiger partial charge in [-0.3, -0.25) is 14.5 Å². The topological polar surface area (TPSA) is 64.7 Å². The molecule has 0 saturated carbocycles. The van der Waals surface area contributed by atoms with Crippen molar-refractivity contribution in [1.82, 2.24) is 10.2 Å². The third kappa shape index (κ3) is 7.75. The van der Waals surface area contributed by atoms with Crippen LogP contribution in [0.2, 0.25) is 0 Å². The Hall–Kier alpha value is -5.41. The number of benzene rings is 5. The van der Waals surface area contributed by atoms with Gasteiger partial charge < -0.3 is 15.5 Å². The van der Waals surface area contributed by atoms with Crippen molar-refractivity contribution in [3.05, 3.63) is 156 Å². The molecule has 6 nitrogen and oxygen atoms in total. The fourth-order valence-electron chi connectivity index (χ4n) is 6.01. The molecule has 48 heavy (non-hydrogen) atoms. The summed E-state index contributed by atoms with van der Waals surface area (Å²) in [6.07, 6.45) is -4.43. The first kappa shape index (κ1) is 32.5. The lowest BCUT2D eigenvalue weighted by molar-refractivity contribution is -0.137. The van der Waals surface area contributed by atoms with E-state index in [9.17, 15) is 22.8 Å². The van der Waals surface area contributed by atoms with Crippen molar-refractivity contribution >= 4 is 23.2 Å². The van der Waals surface area contributed by atoms with Crippen molar-refractivity contribution in [2.75, 3.05) is 36.4 Å². The Morgan fingerprint density at radius 1 is 0.688 bits per heavy atom. The summed E-state index contributed by atoms with van der Waals surface area (Å²) in [4.78, 5) is 31.3. The van der Waals surface area contributed by atoms with Gasteiger partial charge in [-0.15, -0.1) is 0 Å². The zero-order chi connectivity index (χ0) is 33.5. The zero-order valence-electron chi connectivity index (χ0n) is 26.2. The first-order valence-corrected chi connectivity index (χ1v) is 15.8. The van der Waals surface area contributed by atoms with E-state index < -0.39 is 17.8 Å². The van der Waals surface area contributed by atoms with E-state index >= 15 is 0 Å². The number of halogens is 3. The summed E-state index contributed by atoms with van der Waals surface area (Å²) in [6.45, 7) is 3.30. The van der Waals surface area contributed by atoms with Gasteiger partial charge in [0.2, 0.25) is 5.91 Å². The van der Waals surface area contributed by atoms with Gasteiger partial charge in [0.05, 0.1) is 5.56 Å². The molecule has 1 saturated heterocycles. The van der Waals surface area contributed by atoms with Gasteiger partial charge in [-0.25, -0.2) is 0 Å². The summed E-state index contributed by atoms with van der Waals surface area (Å²) in [5.41, 5.74) is 4.29. The van der Waals surface area contributed by atoms with Gasteiger partial charge in [0.25, 0.3) is 5.91 Å². The summed E-state index contributed by atoms with van der Waals surface area (Å²) in [6, 6.07) is 38.5. The number of amides is 2. The van der Waals surface area contributed by atoms with E-state index in [1.165, 1.54) is 12.1 Å². The molecule has 1 aliphatic heterocycles. The lowest BCUT2D eigenvalue weighted by Gasteiger charge is -2.39. The van der Waals surface area contributed by atoms with E-state index in [1.807, 2.05) is 84.9 Å². The van der Waals surface area contributed by atoms with Crippen LogP contribution < -0.4 is 15.5 Å². The third-order valence-electron chi connectivity index (χ3n) is 8.54.